The molecule has 2 aromatic carbocycles. The minimum absolute atomic E-state index is 0.00489. The maximum absolute atomic E-state index is 13.5. The summed E-state index contributed by atoms with van der Waals surface area (Å²) in [6.07, 6.45) is 1.64. The summed E-state index contributed by atoms with van der Waals surface area (Å²) in [5.74, 6) is 0.382. The van der Waals surface area contributed by atoms with E-state index in [1.807, 2.05) is 0 Å². The van der Waals surface area contributed by atoms with Crippen LogP contribution >= 0.6 is 23.2 Å². The molecule has 0 spiro atoms. The molecule has 182 valence electrons. The molecule has 0 atom stereocenters. The summed E-state index contributed by atoms with van der Waals surface area (Å²) in [6, 6.07) is 11.7. The summed E-state index contributed by atoms with van der Waals surface area (Å²) >= 11 is 12.6. The van der Waals surface area contributed by atoms with Crippen LogP contribution in [0.2, 0.25) is 10.0 Å². The highest BCUT2D eigenvalue weighted by Gasteiger charge is 2.37. The van der Waals surface area contributed by atoms with Gasteiger partial charge in [0.15, 0.2) is 11.5 Å². The molecule has 0 aliphatic heterocycles. The Labute approximate surface area is 212 Å². The molecule has 2 aromatic heterocycles. The van der Waals surface area contributed by atoms with Crippen molar-refractivity contribution in [3.63, 3.8) is 0 Å². The number of amides is 2. The monoisotopic (exact) mass is 531 g/mol. The third-order valence-electron chi connectivity index (χ3n) is 4.99. The number of terminal acetylenes is 1. The van der Waals surface area contributed by atoms with Crippen LogP contribution in [0.3, 0.4) is 0 Å². The molecule has 4 rings (SSSR count). The van der Waals surface area contributed by atoms with Crippen molar-refractivity contribution in [2.45, 2.75) is 6.18 Å². The number of alkyl halides is 3. The Morgan fingerprint density at radius 1 is 1.08 bits per heavy atom. The van der Waals surface area contributed by atoms with Crippen LogP contribution in [0.4, 0.5) is 18.9 Å². The van der Waals surface area contributed by atoms with Crippen molar-refractivity contribution in [1.29, 1.82) is 0 Å². The standard InChI is InChI=1S/C24H14Cl2F3N5O2/c1-2-9-31-22(35)15-11-13-6-3-4-7-14(13)19(26)20(15)32-23(36)17-12-18(24(27,28)29)33-34(17)21-16(25)8-5-10-30-21/h1,3-8,10-12H,9H2,(H,31,35)(H,32,36). The van der Waals surface area contributed by atoms with Gasteiger partial charge in [-0.15, -0.1) is 6.42 Å². The highest BCUT2D eigenvalue weighted by atomic mass is 35.5. The molecule has 0 aliphatic rings. The van der Waals surface area contributed by atoms with E-state index in [4.69, 9.17) is 29.6 Å². The predicted molar refractivity (Wildman–Crippen MR) is 129 cm³/mol. The molecule has 0 unspecified atom stereocenters. The van der Waals surface area contributed by atoms with Gasteiger partial charge in [-0.25, -0.2) is 9.67 Å². The smallest absolute Gasteiger partial charge is 0.341 e. The third kappa shape index (κ3) is 4.84. The fourth-order valence-corrected chi connectivity index (χ4v) is 3.91. The second-order valence-electron chi connectivity index (χ2n) is 7.31. The molecule has 0 bridgehead atoms. The first-order chi connectivity index (χ1) is 17.1. The maximum atomic E-state index is 13.5. The molecular weight excluding hydrogens is 518 g/mol. The first kappa shape index (κ1) is 25.0. The van der Waals surface area contributed by atoms with Crippen molar-refractivity contribution in [3.8, 4) is 18.2 Å². The fraction of sp³-hybridized carbons (Fsp3) is 0.0833. The number of pyridine rings is 1. The van der Waals surface area contributed by atoms with Crippen LogP contribution in [0, 0.1) is 12.3 Å². The molecule has 4 aromatic rings. The Hall–Kier alpha value is -4.07. The van der Waals surface area contributed by atoms with Crippen molar-refractivity contribution >= 4 is 51.5 Å². The Morgan fingerprint density at radius 2 is 1.83 bits per heavy atom. The maximum Gasteiger partial charge on any atom is 0.435 e. The molecule has 0 fully saturated rings. The largest absolute Gasteiger partial charge is 0.435 e. The van der Waals surface area contributed by atoms with Crippen LogP contribution in [-0.2, 0) is 6.18 Å². The van der Waals surface area contributed by atoms with Gasteiger partial charge in [0.1, 0.15) is 5.69 Å². The van der Waals surface area contributed by atoms with E-state index in [0.717, 1.165) is 0 Å². The van der Waals surface area contributed by atoms with E-state index in [1.54, 1.807) is 24.3 Å². The minimum atomic E-state index is -4.86. The molecule has 0 aliphatic carbocycles. The van der Waals surface area contributed by atoms with Gasteiger partial charge in [0.05, 0.1) is 27.8 Å². The van der Waals surface area contributed by atoms with Crippen LogP contribution in [-0.4, -0.2) is 33.1 Å². The summed E-state index contributed by atoms with van der Waals surface area (Å²) in [6.45, 7) is -0.101. The molecule has 12 heteroatoms. The van der Waals surface area contributed by atoms with Gasteiger partial charge >= 0.3 is 6.18 Å². The number of aromatic nitrogens is 3. The van der Waals surface area contributed by atoms with Gasteiger partial charge in [0.2, 0.25) is 0 Å². The molecule has 0 saturated heterocycles. The van der Waals surface area contributed by atoms with Gasteiger partial charge < -0.3 is 10.6 Å². The minimum Gasteiger partial charge on any atom is -0.341 e. The van der Waals surface area contributed by atoms with Crippen molar-refractivity contribution in [2.75, 3.05) is 11.9 Å². The van der Waals surface area contributed by atoms with Crippen molar-refractivity contribution in [2.24, 2.45) is 0 Å². The highest BCUT2D eigenvalue weighted by molar-refractivity contribution is 6.40. The number of nitrogens with zero attached hydrogens (tertiary/aromatic N) is 3. The molecule has 2 heterocycles. The van der Waals surface area contributed by atoms with Gasteiger partial charge in [-0.3, -0.25) is 9.59 Å². The Morgan fingerprint density at radius 3 is 2.53 bits per heavy atom. The van der Waals surface area contributed by atoms with Crippen molar-refractivity contribution < 1.29 is 22.8 Å². The fourth-order valence-electron chi connectivity index (χ4n) is 3.38. The lowest BCUT2D eigenvalue weighted by atomic mass is 10.0. The third-order valence-corrected chi connectivity index (χ3v) is 5.68. The first-order valence-corrected chi connectivity index (χ1v) is 10.9. The zero-order valence-corrected chi connectivity index (χ0v) is 19.5. The molecule has 0 saturated carbocycles. The number of anilines is 1. The number of hydrogen-bond acceptors (Lipinski definition) is 4. The van der Waals surface area contributed by atoms with Crippen LogP contribution in [0.15, 0.2) is 54.7 Å². The number of rotatable bonds is 5. The van der Waals surface area contributed by atoms with Crippen LogP contribution in [0.5, 0.6) is 0 Å². The summed E-state index contributed by atoms with van der Waals surface area (Å²) in [5.41, 5.74) is -2.04. The molecule has 2 amide bonds. The summed E-state index contributed by atoms with van der Waals surface area (Å²) in [4.78, 5) is 30.0. The van der Waals surface area contributed by atoms with Crippen LogP contribution in [0.25, 0.3) is 16.6 Å². The number of fused-ring (bicyclic) bond motifs is 1. The SMILES string of the molecule is C#CCNC(=O)c1cc2ccccc2c(Cl)c1NC(=O)c1cc(C(F)(F)F)nn1-c1ncccc1Cl. The first-order valence-electron chi connectivity index (χ1n) is 10.1. The van der Waals surface area contributed by atoms with Crippen molar-refractivity contribution in [1.82, 2.24) is 20.1 Å². The van der Waals surface area contributed by atoms with E-state index in [0.29, 0.717) is 21.5 Å². The molecule has 0 radical (unpaired) electrons. The molecule has 2 N–H and O–H groups in total. The average Bonchev–Trinajstić information content (AvgIpc) is 3.30. The normalized spacial score (nSPS) is 11.2. The van der Waals surface area contributed by atoms with E-state index in [1.165, 1.54) is 24.4 Å². The van der Waals surface area contributed by atoms with Gasteiger partial charge in [-0.2, -0.15) is 18.3 Å². The van der Waals surface area contributed by atoms with Gasteiger partial charge in [-0.1, -0.05) is 53.4 Å². The number of benzene rings is 2. The van der Waals surface area contributed by atoms with Gasteiger partial charge in [0.25, 0.3) is 11.8 Å². The van der Waals surface area contributed by atoms with E-state index >= 15 is 0 Å². The Kier molecular flexibility index (Phi) is 6.88. The van der Waals surface area contributed by atoms with Crippen LogP contribution < -0.4 is 10.6 Å². The average molecular weight is 532 g/mol. The number of hydrogen-bond donors (Lipinski definition) is 2. The van der Waals surface area contributed by atoms with E-state index in [9.17, 15) is 22.8 Å². The molecule has 7 nitrogen and oxygen atoms in total. The summed E-state index contributed by atoms with van der Waals surface area (Å²) < 4.78 is 41.1. The Bertz CT molecular complexity index is 1540. The number of carbonyl (C=O) groups is 2. The van der Waals surface area contributed by atoms with E-state index in [2.05, 4.69) is 26.6 Å². The summed E-state index contributed by atoms with van der Waals surface area (Å²) in [5, 5.41) is 9.49. The quantitative estimate of drug-likeness (QED) is 0.339. The van der Waals surface area contributed by atoms with E-state index in [-0.39, 0.29) is 33.7 Å². The lowest BCUT2D eigenvalue weighted by Gasteiger charge is -2.15. The topological polar surface area (TPSA) is 88.9 Å². The number of nitrogens with one attached hydrogen (secondary N) is 2. The Balaban J connectivity index is 1.85. The van der Waals surface area contributed by atoms with E-state index < -0.39 is 29.4 Å². The second-order valence-corrected chi connectivity index (χ2v) is 8.09. The number of halogens is 5. The lowest BCUT2D eigenvalue weighted by molar-refractivity contribution is -0.141. The summed E-state index contributed by atoms with van der Waals surface area (Å²) in [7, 11) is 0. The molecule has 36 heavy (non-hydrogen) atoms. The molecular formula is C24H14Cl2F3N5O2. The predicted octanol–water partition coefficient (Wildman–Crippen LogP) is 5.36. The van der Waals surface area contributed by atoms with Crippen LogP contribution in [0.1, 0.15) is 26.5 Å². The van der Waals surface area contributed by atoms with Gasteiger partial charge in [0, 0.05) is 17.6 Å². The van der Waals surface area contributed by atoms with Crippen molar-refractivity contribution in [3.05, 3.63) is 81.7 Å². The van der Waals surface area contributed by atoms with Gasteiger partial charge in [-0.05, 0) is 23.6 Å². The highest BCUT2D eigenvalue weighted by Crippen LogP contribution is 2.36. The zero-order valence-electron chi connectivity index (χ0n) is 18.0. The lowest BCUT2D eigenvalue weighted by Crippen LogP contribution is -2.26. The second kappa shape index (κ2) is 9.89. The zero-order chi connectivity index (χ0) is 26.0. The number of carbonyl (C=O) groups excluding carboxylic acids is 2.